The minimum atomic E-state index is -0.0354. The van der Waals surface area contributed by atoms with Gasteiger partial charge in [0.1, 0.15) is 0 Å². The van der Waals surface area contributed by atoms with E-state index in [9.17, 15) is 4.79 Å². The van der Waals surface area contributed by atoms with Gasteiger partial charge < -0.3 is 9.88 Å². The summed E-state index contributed by atoms with van der Waals surface area (Å²) in [5.41, 5.74) is 5.90. The smallest absolute Gasteiger partial charge is 0.251 e. The monoisotopic (exact) mass is 464 g/mol. The molecule has 0 unspecified atom stereocenters. The predicted molar refractivity (Wildman–Crippen MR) is 144 cm³/mol. The van der Waals surface area contributed by atoms with Crippen LogP contribution in [-0.2, 0) is 12.3 Å². The van der Waals surface area contributed by atoms with E-state index in [0.29, 0.717) is 12.1 Å². The molecule has 0 fully saturated rings. The first-order valence-electron chi connectivity index (χ1n) is 11.6. The van der Waals surface area contributed by atoms with Crippen molar-refractivity contribution in [3.8, 4) is 0 Å². The summed E-state index contributed by atoms with van der Waals surface area (Å²) in [4.78, 5) is 14.0. The van der Waals surface area contributed by atoms with E-state index in [0.717, 1.165) is 23.1 Å². The van der Waals surface area contributed by atoms with Crippen LogP contribution >= 0.6 is 11.8 Å². The third-order valence-corrected chi connectivity index (χ3v) is 7.38. The number of fused-ring (bicyclic) bond motifs is 2. The highest BCUT2D eigenvalue weighted by molar-refractivity contribution is 7.98. The van der Waals surface area contributed by atoms with E-state index in [1.807, 2.05) is 48.2 Å². The van der Waals surface area contributed by atoms with E-state index in [1.54, 1.807) is 0 Å². The van der Waals surface area contributed by atoms with Gasteiger partial charge in [-0.2, -0.15) is 0 Å². The van der Waals surface area contributed by atoms with E-state index in [4.69, 9.17) is 0 Å². The van der Waals surface area contributed by atoms with Gasteiger partial charge in [0.25, 0.3) is 5.91 Å². The summed E-state index contributed by atoms with van der Waals surface area (Å²) in [6.07, 6.45) is 2.22. The molecule has 5 rings (SSSR count). The molecule has 1 amide bonds. The zero-order valence-electron chi connectivity index (χ0n) is 19.5. The van der Waals surface area contributed by atoms with Crippen LogP contribution in [0.5, 0.6) is 0 Å². The van der Waals surface area contributed by atoms with Gasteiger partial charge in [-0.05, 0) is 53.9 Å². The standard InChI is InChI=1S/C30H28N2OS/c1-21-11-12-22(2)26(17-21)20-34-29-19-32(28-10-6-5-9-27(28)29)16-15-31-30(33)25-14-13-23-7-3-4-8-24(23)18-25/h3-14,17-19H,15-16,20H2,1-2H3,(H,31,33). The third kappa shape index (κ3) is 4.73. The summed E-state index contributed by atoms with van der Waals surface area (Å²) in [6.45, 7) is 5.62. The molecule has 1 heterocycles. The maximum Gasteiger partial charge on any atom is 0.251 e. The van der Waals surface area contributed by atoms with Gasteiger partial charge in [-0.1, -0.05) is 72.3 Å². The minimum absolute atomic E-state index is 0.0354. The molecule has 4 heteroatoms. The van der Waals surface area contributed by atoms with Gasteiger partial charge in [0, 0.05) is 46.4 Å². The summed E-state index contributed by atoms with van der Waals surface area (Å²) in [5.74, 6) is 0.909. The zero-order chi connectivity index (χ0) is 23.5. The van der Waals surface area contributed by atoms with Gasteiger partial charge in [0.2, 0.25) is 0 Å². The van der Waals surface area contributed by atoms with Crippen molar-refractivity contribution in [1.82, 2.24) is 9.88 Å². The molecule has 0 bridgehead atoms. The van der Waals surface area contributed by atoms with Gasteiger partial charge in [-0.25, -0.2) is 0 Å². The molecule has 5 aromatic rings. The van der Waals surface area contributed by atoms with Crippen LogP contribution in [-0.4, -0.2) is 17.0 Å². The van der Waals surface area contributed by atoms with Gasteiger partial charge in [-0.15, -0.1) is 11.8 Å². The fourth-order valence-corrected chi connectivity index (χ4v) is 5.50. The summed E-state index contributed by atoms with van der Waals surface area (Å²) < 4.78 is 2.25. The van der Waals surface area contributed by atoms with Crippen molar-refractivity contribution in [1.29, 1.82) is 0 Å². The minimum Gasteiger partial charge on any atom is -0.350 e. The first kappa shape index (κ1) is 22.3. The molecule has 4 aromatic carbocycles. The topological polar surface area (TPSA) is 34.0 Å². The highest BCUT2D eigenvalue weighted by Crippen LogP contribution is 2.33. The maximum atomic E-state index is 12.7. The molecule has 0 spiro atoms. The Hall–Kier alpha value is -3.50. The van der Waals surface area contributed by atoms with Crippen LogP contribution in [0, 0.1) is 13.8 Å². The molecular formula is C30H28N2OS. The Kier molecular flexibility index (Phi) is 6.41. The van der Waals surface area contributed by atoms with Crippen LogP contribution in [0.25, 0.3) is 21.7 Å². The van der Waals surface area contributed by atoms with Gasteiger partial charge in [-0.3, -0.25) is 4.79 Å². The number of thioether (sulfide) groups is 1. The van der Waals surface area contributed by atoms with Crippen molar-refractivity contribution in [2.75, 3.05) is 6.54 Å². The second kappa shape index (κ2) is 9.78. The van der Waals surface area contributed by atoms with Crippen molar-refractivity contribution in [2.45, 2.75) is 31.0 Å². The maximum absolute atomic E-state index is 12.7. The number of carbonyl (C=O) groups is 1. The zero-order valence-corrected chi connectivity index (χ0v) is 20.4. The highest BCUT2D eigenvalue weighted by atomic mass is 32.2. The number of aromatic nitrogens is 1. The summed E-state index contributed by atoms with van der Waals surface area (Å²) in [5, 5.41) is 6.58. The number of aryl methyl sites for hydroxylation is 2. The van der Waals surface area contributed by atoms with Gasteiger partial charge in [0.15, 0.2) is 0 Å². The first-order valence-corrected chi connectivity index (χ1v) is 12.6. The number of rotatable bonds is 7. The van der Waals surface area contributed by atoms with Crippen molar-refractivity contribution >= 4 is 39.3 Å². The van der Waals surface area contributed by atoms with E-state index in [2.05, 4.69) is 78.5 Å². The molecule has 1 N–H and O–H groups in total. The van der Waals surface area contributed by atoms with Crippen LogP contribution in [0.4, 0.5) is 0 Å². The average Bonchev–Trinajstić information content (AvgIpc) is 3.22. The molecule has 0 aliphatic carbocycles. The lowest BCUT2D eigenvalue weighted by Gasteiger charge is -2.08. The van der Waals surface area contributed by atoms with Crippen molar-refractivity contribution in [2.24, 2.45) is 0 Å². The highest BCUT2D eigenvalue weighted by Gasteiger charge is 2.11. The molecule has 0 aliphatic heterocycles. The average molecular weight is 465 g/mol. The van der Waals surface area contributed by atoms with Crippen LogP contribution < -0.4 is 5.32 Å². The molecule has 3 nitrogen and oxygen atoms in total. The summed E-state index contributed by atoms with van der Waals surface area (Å²) in [6, 6.07) is 29.1. The van der Waals surface area contributed by atoms with Crippen LogP contribution in [0.3, 0.4) is 0 Å². The Morgan fingerprint density at radius 3 is 2.56 bits per heavy atom. The Morgan fingerprint density at radius 1 is 0.882 bits per heavy atom. The molecule has 0 saturated carbocycles. The predicted octanol–water partition coefficient (Wildman–Crippen LogP) is 7.13. The number of carbonyl (C=O) groups excluding carboxylic acids is 1. The quantitative estimate of drug-likeness (QED) is 0.260. The summed E-state index contributed by atoms with van der Waals surface area (Å²) >= 11 is 1.88. The van der Waals surface area contributed by atoms with Crippen molar-refractivity contribution in [3.63, 3.8) is 0 Å². The number of nitrogens with one attached hydrogen (secondary N) is 1. The van der Waals surface area contributed by atoms with Crippen LogP contribution in [0.2, 0.25) is 0 Å². The third-order valence-electron chi connectivity index (χ3n) is 6.29. The van der Waals surface area contributed by atoms with Gasteiger partial charge >= 0.3 is 0 Å². The number of benzene rings is 4. The summed E-state index contributed by atoms with van der Waals surface area (Å²) in [7, 11) is 0. The van der Waals surface area contributed by atoms with E-state index < -0.39 is 0 Å². The molecule has 170 valence electrons. The van der Waals surface area contributed by atoms with Crippen molar-refractivity contribution in [3.05, 3.63) is 113 Å². The first-order chi connectivity index (χ1) is 16.6. The lowest BCUT2D eigenvalue weighted by Crippen LogP contribution is -2.27. The molecule has 0 atom stereocenters. The largest absolute Gasteiger partial charge is 0.350 e. The number of hydrogen-bond acceptors (Lipinski definition) is 2. The van der Waals surface area contributed by atoms with Crippen LogP contribution in [0.15, 0.2) is 96.0 Å². The van der Waals surface area contributed by atoms with Gasteiger partial charge in [0.05, 0.1) is 0 Å². The number of amides is 1. The molecule has 0 saturated heterocycles. The second-order valence-electron chi connectivity index (χ2n) is 8.74. The fourth-order valence-electron chi connectivity index (χ4n) is 4.35. The van der Waals surface area contributed by atoms with Crippen LogP contribution in [0.1, 0.15) is 27.0 Å². The Bertz CT molecular complexity index is 1480. The van der Waals surface area contributed by atoms with E-state index in [1.165, 1.54) is 32.5 Å². The lowest BCUT2D eigenvalue weighted by atomic mass is 10.1. The molecule has 34 heavy (non-hydrogen) atoms. The Balaban J connectivity index is 1.28. The van der Waals surface area contributed by atoms with E-state index >= 15 is 0 Å². The Morgan fingerprint density at radius 2 is 1.68 bits per heavy atom. The molecule has 1 aromatic heterocycles. The van der Waals surface area contributed by atoms with Crippen molar-refractivity contribution < 1.29 is 4.79 Å². The molecule has 0 aliphatic rings. The lowest BCUT2D eigenvalue weighted by molar-refractivity contribution is 0.0952. The second-order valence-corrected chi connectivity index (χ2v) is 9.76. The van der Waals surface area contributed by atoms with E-state index in [-0.39, 0.29) is 5.91 Å². The fraction of sp³-hybridized carbons (Fsp3) is 0.167. The number of para-hydroxylation sites is 1. The molecular weight excluding hydrogens is 436 g/mol. The number of nitrogens with zero attached hydrogens (tertiary/aromatic N) is 1. The Labute approximate surface area is 204 Å². The molecule has 0 radical (unpaired) electrons. The number of hydrogen-bond donors (Lipinski definition) is 1. The normalized spacial score (nSPS) is 11.2. The SMILES string of the molecule is Cc1ccc(C)c(CSc2cn(CCNC(=O)c3ccc4ccccc4c3)c3ccccc23)c1.